The first-order valence-corrected chi connectivity index (χ1v) is 13.6. The third kappa shape index (κ3) is 6.51. The summed E-state index contributed by atoms with van der Waals surface area (Å²) < 4.78 is 7.11. The van der Waals surface area contributed by atoms with E-state index in [0.717, 1.165) is 33.1 Å². The number of esters is 1. The SMILES string of the molecule is CCOC(=O)c1cc(Cc2ccccc2)sc1NC(=S)Nc1c(C)nn(Cc2c(Cl)cccc2Cl)c1C. The summed E-state index contributed by atoms with van der Waals surface area (Å²) in [5, 5.41) is 13.2. The van der Waals surface area contributed by atoms with Crippen molar-refractivity contribution in [1.29, 1.82) is 0 Å². The number of thiocarbonyl (C=S) groups is 1. The van der Waals surface area contributed by atoms with Gasteiger partial charge in [0, 0.05) is 26.9 Å². The molecule has 2 aromatic carbocycles. The Balaban J connectivity index is 1.53. The predicted molar refractivity (Wildman–Crippen MR) is 157 cm³/mol. The Morgan fingerprint density at radius 1 is 1.08 bits per heavy atom. The number of hydrogen-bond acceptors (Lipinski definition) is 5. The van der Waals surface area contributed by atoms with Crippen molar-refractivity contribution in [3.8, 4) is 0 Å². The maximum atomic E-state index is 12.7. The Hall–Kier alpha value is -2.91. The summed E-state index contributed by atoms with van der Waals surface area (Å²) in [5.74, 6) is -0.389. The number of aromatic nitrogens is 2. The van der Waals surface area contributed by atoms with Gasteiger partial charge in [-0.05, 0) is 56.8 Å². The number of anilines is 2. The Kier molecular flexibility index (Phi) is 8.87. The molecule has 0 amide bonds. The fraction of sp³-hybridized carbons (Fsp3) is 0.222. The molecule has 6 nitrogen and oxygen atoms in total. The second-order valence-corrected chi connectivity index (χ2v) is 10.7. The smallest absolute Gasteiger partial charge is 0.341 e. The minimum Gasteiger partial charge on any atom is -0.462 e. The van der Waals surface area contributed by atoms with Crippen LogP contribution < -0.4 is 10.6 Å². The van der Waals surface area contributed by atoms with Gasteiger partial charge in [0.1, 0.15) is 5.00 Å². The molecular formula is C27H26Cl2N4O2S2. The average molecular weight is 574 g/mol. The van der Waals surface area contributed by atoms with E-state index in [2.05, 4.69) is 27.9 Å². The minimum absolute atomic E-state index is 0.290. The van der Waals surface area contributed by atoms with Gasteiger partial charge in [0.25, 0.3) is 0 Å². The van der Waals surface area contributed by atoms with E-state index >= 15 is 0 Å². The Labute approximate surface area is 235 Å². The third-order valence-electron chi connectivity index (χ3n) is 5.72. The normalized spacial score (nSPS) is 10.8. The molecule has 10 heteroatoms. The van der Waals surface area contributed by atoms with Gasteiger partial charge in [-0.15, -0.1) is 11.3 Å². The predicted octanol–water partition coefficient (Wildman–Crippen LogP) is 7.49. The molecule has 0 spiro atoms. The van der Waals surface area contributed by atoms with Gasteiger partial charge in [0.05, 0.1) is 35.8 Å². The lowest BCUT2D eigenvalue weighted by Gasteiger charge is -2.12. The van der Waals surface area contributed by atoms with Crippen molar-refractivity contribution in [1.82, 2.24) is 9.78 Å². The average Bonchev–Trinajstić information content (AvgIpc) is 3.37. The Morgan fingerprint density at radius 2 is 1.78 bits per heavy atom. The highest BCUT2D eigenvalue weighted by Gasteiger charge is 2.20. The van der Waals surface area contributed by atoms with Crippen LogP contribution in [0.5, 0.6) is 0 Å². The molecule has 0 aliphatic carbocycles. The van der Waals surface area contributed by atoms with Crippen LogP contribution >= 0.6 is 46.8 Å². The van der Waals surface area contributed by atoms with Gasteiger partial charge < -0.3 is 15.4 Å². The number of hydrogen-bond donors (Lipinski definition) is 2. The number of ether oxygens (including phenoxy) is 1. The number of nitrogens with zero attached hydrogens (tertiary/aromatic N) is 2. The number of aryl methyl sites for hydroxylation is 1. The molecule has 0 aliphatic heterocycles. The van der Waals surface area contributed by atoms with Crippen LogP contribution in [0, 0.1) is 13.8 Å². The van der Waals surface area contributed by atoms with Gasteiger partial charge in [0.2, 0.25) is 0 Å². The second-order valence-electron chi connectivity index (χ2n) is 8.32. The van der Waals surface area contributed by atoms with E-state index in [1.807, 2.05) is 48.9 Å². The molecule has 37 heavy (non-hydrogen) atoms. The lowest BCUT2D eigenvalue weighted by molar-refractivity contribution is 0.0528. The molecule has 2 aromatic heterocycles. The van der Waals surface area contributed by atoms with Gasteiger partial charge in [-0.1, -0.05) is 59.6 Å². The number of carbonyl (C=O) groups is 1. The van der Waals surface area contributed by atoms with Crippen LogP contribution in [0.1, 0.15) is 44.7 Å². The van der Waals surface area contributed by atoms with Crippen LogP contribution in [-0.4, -0.2) is 27.5 Å². The van der Waals surface area contributed by atoms with E-state index in [1.54, 1.807) is 19.1 Å². The number of carbonyl (C=O) groups excluding carboxylic acids is 1. The molecule has 0 aliphatic rings. The van der Waals surface area contributed by atoms with Crippen molar-refractivity contribution in [2.75, 3.05) is 17.2 Å². The zero-order chi connectivity index (χ0) is 26.5. The number of benzene rings is 2. The van der Waals surface area contributed by atoms with Gasteiger partial charge in [-0.2, -0.15) is 5.10 Å². The topological polar surface area (TPSA) is 68.2 Å². The summed E-state index contributed by atoms with van der Waals surface area (Å²) >= 11 is 19.8. The molecule has 2 N–H and O–H groups in total. The molecule has 192 valence electrons. The second kappa shape index (κ2) is 12.1. The Morgan fingerprint density at radius 3 is 2.46 bits per heavy atom. The van der Waals surface area contributed by atoms with Crippen molar-refractivity contribution in [3.63, 3.8) is 0 Å². The lowest BCUT2D eigenvalue weighted by atomic mass is 10.1. The van der Waals surface area contributed by atoms with Crippen LogP contribution in [0.2, 0.25) is 10.0 Å². The van der Waals surface area contributed by atoms with Crippen molar-refractivity contribution >= 4 is 68.5 Å². The number of nitrogens with one attached hydrogen (secondary N) is 2. The molecule has 4 rings (SSSR count). The monoisotopic (exact) mass is 572 g/mol. The van der Waals surface area contributed by atoms with Gasteiger partial charge >= 0.3 is 5.97 Å². The maximum absolute atomic E-state index is 12.7. The van der Waals surface area contributed by atoms with Crippen LogP contribution in [0.15, 0.2) is 54.6 Å². The summed E-state index contributed by atoms with van der Waals surface area (Å²) in [6.45, 7) is 6.35. The first kappa shape index (κ1) is 27.1. The number of rotatable bonds is 8. The number of thiophene rings is 1. The first-order valence-electron chi connectivity index (χ1n) is 11.7. The molecule has 0 bridgehead atoms. The molecule has 0 fully saturated rings. The summed E-state index contributed by atoms with van der Waals surface area (Å²) in [7, 11) is 0. The van der Waals surface area contributed by atoms with E-state index in [0.29, 0.717) is 38.7 Å². The highest BCUT2D eigenvalue weighted by atomic mass is 35.5. The molecule has 0 radical (unpaired) electrons. The lowest BCUT2D eigenvalue weighted by Crippen LogP contribution is -2.21. The summed E-state index contributed by atoms with van der Waals surface area (Å²) in [6.07, 6.45) is 0.704. The van der Waals surface area contributed by atoms with Gasteiger partial charge in [-0.3, -0.25) is 4.68 Å². The Bertz CT molecular complexity index is 1410. The van der Waals surface area contributed by atoms with E-state index in [9.17, 15) is 4.79 Å². The van der Waals surface area contributed by atoms with Gasteiger partial charge in [0.15, 0.2) is 5.11 Å². The molecule has 0 atom stereocenters. The van der Waals surface area contributed by atoms with Crippen molar-refractivity contribution in [2.45, 2.75) is 33.7 Å². The zero-order valence-electron chi connectivity index (χ0n) is 20.6. The van der Waals surface area contributed by atoms with Crippen LogP contribution in [-0.2, 0) is 17.7 Å². The van der Waals surface area contributed by atoms with E-state index < -0.39 is 0 Å². The zero-order valence-corrected chi connectivity index (χ0v) is 23.7. The minimum atomic E-state index is -0.389. The summed E-state index contributed by atoms with van der Waals surface area (Å²) in [5.41, 5.74) is 4.83. The van der Waals surface area contributed by atoms with Crippen LogP contribution in [0.25, 0.3) is 0 Å². The maximum Gasteiger partial charge on any atom is 0.341 e. The largest absolute Gasteiger partial charge is 0.462 e. The standard InChI is InChI=1S/C27H26Cl2N4O2S2/c1-4-35-26(34)20-14-19(13-18-9-6-5-7-10-18)37-25(20)31-27(36)30-24-16(2)32-33(17(24)3)15-21-22(28)11-8-12-23(21)29/h5-12,14H,4,13,15H2,1-3H3,(H2,30,31,36). The number of halogens is 2. The van der Waals surface area contributed by atoms with E-state index in [4.69, 9.17) is 40.2 Å². The van der Waals surface area contributed by atoms with Gasteiger partial charge in [-0.25, -0.2) is 4.79 Å². The van der Waals surface area contributed by atoms with E-state index in [-0.39, 0.29) is 12.6 Å². The summed E-state index contributed by atoms with van der Waals surface area (Å²) in [4.78, 5) is 13.7. The molecular weight excluding hydrogens is 547 g/mol. The molecule has 0 saturated heterocycles. The highest BCUT2D eigenvalue weighted by molar-refractivity contribution is 7.80. The fourth-order valence-corrected chi connectivity index (χ4v) is 5.76. The first-order chi connectivity index (χ1) is 17.8. The van der Waals surface area contributed by atoms with Crippen molar-refractivity contribution in [3.05, 3.63) is 97.6 Å². The third-order valence-corrected chi connectivity index (χ3v) is 7.68. The highest BCUT2D eigenvalue weighted by Crippen LogP contribution is 2.32. The van der Waals surface area contributed by atoms with E-state index in [1.165, 1.54) is 11.3 Å². The molecule has 2 heterocycles. The molecule has 0 saturated carbocycles. The quantitative estimate of drug-likeness (QED) is 0.168. The molecule has 0 unspecified atom stereocenters. The molecule has 4 aromatic rings. The van der Waals surface area contributed by atoms with Crippen LogP contribution in [0.4, 0.5) is 10.7 Å². The summed E-state index contributed by atoms with van der Waals surface area (Å²) in [6, 6.07) is 17.4. The fourth-order valence-electron chi connectivity index (χ4n) is 3.89. The van der Waals surface area contributed by atoms with Crippen LogP contribution in [0.3, 0.4) is 0 Å². The van der Waals surface area contributed by atoms with Crippen molar-refractivity contribution in [2.24, 2.45) is 0 Å². The van der Waals surface area contributed by atoms with Crippen molar-refractivity contribution < 1.29 is 9.53 Å².